The van der Waals surface area contributed by atoms with E-state index in [0.717, 1.165) is 0 Å². The minimum absolute atomic E-state index is 0.0490. The maximum absolute atomic E-state index is 11.2. The van der Waals surface area contributed by atoms with Gasteiger partial charge in [-0.3, -0.25) is 9.69 Å². The lowest BCUT2D eigenvalue weighted by molar-refractivity contribution is -0.153. The summed E-state index contributed by atoms with van der Waals surface area (Å²) in [4.78, 5) is 13.5. The van der Waals surface area contributed by atoms with Crippen LogP contribution in [0.4, 0.5) is 0 Å². The Hall–Kier alpha value is -2.13. The molecule has 0 radical (unpaired) electrons. The van der Waals surface area contributed by atoms with Gasteiger partial charge in [0.05, 0.1) is 12.0 Å². The first-order valence-electron chi connectivity index (χ1n) is 7.27. The largest absolute Gasteiger partial charge is 0.481 e. The van der Waals surface area contributed by atoms with E-state index >= 15 is 0 Å². The topological polar surface area (TPSA) is 40.5 Å². The zero-order valence-corrected chi connectivity index (χ0v) is 12.0. The van der Waals surface area contributed by atoms with Gasteiger partial charge in [0.25, 0.3) is 0 Å². The number of hydrogen-bond donors (Lipinski definition) is 1. The summed E-state index contributed by atoms with van der Waals surface area (Å²) in [7, 11) is 0. The van der Waals surface area contributed by atoms with Crippen LogP contribution in [-0.2, 0) is 4.79 Å². The fourth-order valence-electron chi connectivity index (χ4n) is 3.11. The van der Waals surface area contributed by atoms with Gasteiger partial charge in [0.2, 0.25) is 0 Å². The van der Waals surface area contributed by atoms with Crippen LogP contribution in [0.1, 0.15) is 24.1 Å². The molecule has 0 amide bonds. The van der Waals surface area contributed by atoms with Crippen LogP contribution in [0.5, 0.6) is 0 Å². The molecule has 1 unspecified atom stereocenters. The number of rotatable bonds is 4. The summed E-state index contributed by atoms with van der Waals surface area (Å²) in [5.41, 5.74) is 2.42. The fourth-order valence-corrected chi connectivity index (χ4v) is 3.11. The van der Waals surface area contributed by atoms with Crippen molar-refractivity contribution in [1.82, 2.24) is 4.90 Å². The Kier molecular flexibility index (Phi) is 3.76. The minimum atomic E-state index is -0.696. The molecule has 21 heavy (non-hydrogen) atoms. The highest BCUT2D eigenvalue weighted by Gasteiger charge is 2.44. The van der Waals surface area contributed by atoms with Crippen molar-refractivity contribution in [2.24, 2.45) is 5.92 Å². The van der Waals surface area contributed by atoms with Gasteiger partial charge in [-0.1, -0.05) is 60.7 Å². The third kappa shape index (κ3) is 2.57. The van der Waals surface area contributed by atoms with Gasteiger partial charge in [-0.15, -0.1) is 0 Å². The van der Waals surface area contributed by atoms with Crippen LogP contribution >= 0.6 is 0 Å². The van der Waals surface area contributed by atoms with E-state index in [4.69, 9.17) is 0 Å². The zero-order chi connectivity index (χ0) is 14.8. The minimum Gasteiger partial charge on any atom is -0.481 e. The van der Waals surface area contributed by atoms with Gasteiger partial charge in [-0.05, 0) is 18.1 Å². The summed E-state index contributed by atoms with van der Waals surface area (Å²) < 4.78 is 0. The van der Waals surface area contributed by atoms with Crippen LogP contribution in [-0.4, -0.2) is 28.6 Å². The molecule has 1 saturated heterocycles. The molecule has 2 atom stereocenters. The number of hydrogen-bond acceptors (Lipinski definition) is 2. The predicted molar refractivity (Wildman–Crippen MR) is 82.0 cm³/mol. The molecule has 1 N–H and O–H groups in total. The van der Waals surface area contributed by atoms with E-state index in [-0.39, 0.29) is 18.0 Å². The number of likely N-dealkylation sites (tertiary alicyclic amines) is 1. The Morgan fingerprint density at radius 1 is 1.05 bits per heavy atom. The second-order valence-electron chi connectivity index (χ2n) is 5.61. The number of carbonyl (C=O) groups is 1. The monoisotopic (exact) mass is 281 g/mol. The van der Waals surface area contributed by atoms with Crippen molar-refractivity contribution in [2.75, 3.05) is 6.54 Å². The third-order valence-corrected chi connectivity index (χ3v) is 4.39. The Labute approximate surface area is 124 Å². The second kappa shape index (κ2) is 5.70. The summed E-state index contributed by atoms with van der Waals surface area (Å²) in [6, 6.07) is 20.7. The van der Waals surface area contributed by atoms with Crippen molar-refractivity contribution in [2.45, 2.75) is 19.0 Å². The van der Waals surface area contributed by atoms with Crippen LogP contribution in [0.2, 0.25) is 0 Å². The normalized spacial score (nSPS) is 22.0. The number of aliphatic carboxylic acids is 1. The Balaban J connectivity index is 1.94. The number of benzene rings is 2. The van der Waals surface area contributed by atoms with Gasteiger partial charge < -0.3 is 5.11 Å². The summed E-state index contributed by atoms with van der Waals surface area (Å²) in [6.45, 7) is 2.60. The molecule has 0 saturated carbocycles. The van der Waals surface area contributed by atoms with Crippen LogP contribution < -0.4 is 0 Å². The van der Waals surface area contributed by atoms with Crippen molar-refractivity contribution in [3.05, 3.63) is 71.8 Å². The highest BCUT2D eigenvalue weighted by Crippen LogP contribution is 2.38. The fraction of sp³-hybridized carbons (Fsp3) is 0.278. The van der Waals surface area contributed by atoms with Crippen LogP contribution in [0.25, 0.3) is 0 Å². The van der Waals surface area contributed by atoms with E-state index in [0.29, 0.717) is 6.54 Å². The first kappa shape index (κ1) is 13.8. The van der Waals surface area contributed by atoms with Crippen LogP contribution in [0.3, 0.4) is 0 Å². The SMILES string of the molecule is C[C@H]1C(C(=O)O)CN1C(c1ccccc1)c1ccccc1. The molecule has 0 bridgehead atoms. The standard InChI is InChI=1S/C18H19NO2/c1-13-16(18(20)21)12-19(13)17(14-8-4-2-5-9-14)15-10-6-3-7-11-15/h2-11,13,16-17H,12H2,1H3,(H,20,21)/t13-,16?/m0/s1. The Morgan fingerprint density at radius 2 is 1.52 bits per heavy atom. The summed E-state index contributed by atoms with van der Waals surface area (Å²) in [6.07, 6.45) is 0. The molecule has 0 spiro atoms. The Morgan fingerprint density at radius 3 is 1.90 bits per heavy atom. The van der Waals surface area contributed by atoms with E-state index in [2.05, 4.69) is 29.2 Å². The van der Waals surface area contributed by atoms with Crippen molar-refractivity contribution < 1.29 is 9.90 Å². The van der Waals surface area contributed by atoms with Gasteiger partial charge in [0, 0.05) is 12.6 Å². The zero-order valence-electron chi connectivity index (χ0n) is 12.0. The van der Waals surface area contributed by atoms with Gasteiger partial charge in [-0.25, -0.2) is 0 Å². The lowest BCUT2D eigenvalue weighted by Gasteiger charge is -2.49. The van der Waals surface area contributed by atoms with Gasteiger partial charge in [0.15, 0.2) is 0 Å². The van der Waals surface area contributed by atoms with Crippen molar-refractivity contribution in [3.63, 3.8) is 0 Å². The maximum atomic E-state index is 11.2. The summed E-state index contributed by atoms with van der Waals surface area (Å²) in [5.74, 6) is -0.960. The number of carboxylic acid groups (broad SMARTS) is 1. The van der Waals surface area contributed by atoms with Crippen molar-refractivity contribution in [1.29, 1.82) is 0 Å². The van der Waals surface area contributed by atoms with Gasteiger partial charge in [0.1, 0.15) is 0 Å². The highest BCUT2D eigenvalue weighted by atomic mass is 16.4. The number of carboxylic acids is 1. The molecule has 1 aliphatic heterocycles. The average Bonchev–Trinajstić information content (AvgIpc) is 2.51. The van der Waals surface area contributed by atoms with Gasteiger partial charge in [-0.2, -0.15) is 0 Å². The highest BCUT2D eigenvalue weighted by molar-refractivity contribution is 5.72. The van der Waals surface area contributed by atoms with E-state index in [9.17, 15) is 9.90 Å². The predicted octanol–water partition coefficient (Wildman–Crippen LogP) is 3.18. The molecule has 1 heterocycles. The van der Waals surface area contributed by atoms with Crippen LogP contribution in [0, 0.1) is 5.92 Å². The molecule has 1 aliphatic rings. The molecule has 1 fully saturated rings. The van der Waals surface area contributed by atoms with Crippen LogP contribution in [0.15, 0.2) is 60.7 Å². The first-order valence-corrected chi connectivity index (χ1v) is 7.27. The molecule has 3 nitrogen and oxygen atoms in total. The molecule has 0 aliphatic carbocycles. The average molecular weight is 281 g/mol. The van der Waals surface area contributed by atoms with Crippen molar-refractivity contribution in [3.8, 4) is 0 Å². The third-order valence-electron chi connectivity index (χ3n) is 4.39. The maximum Gasteiger partial charge on any atom is 0.309 e. The number of nitrogens with zero attached hydrogens (tertiary/aromatic N) is 1. The quantitative estimate of drug-likeness (QED) is 0.935. The molecule has 3 heteroatoms. The lowest BCUT2D eigenvalue weighted by Crippen LogP contribution is -2.58. The Bertz CT molecular complexity index is 572. The van der Waals surface area contributed by atoms with E-state index < -0.39 is 5.97 Å². The first-order chi connectivity index (χ1) is 10.2. The second-order valence-corrected chi connectivity index (χ2v) is 5.61. The molecule has 3 rings (SSSR count). The molecular formula is C18H19NO2. The molecular weight excluding hydrogens is 262 g/mol. The lowest BCUT2D eigenvalue weighted by atomic mass is 9.84. The molecule has 108 valence electrons. The molecule has 2 aromatic carbocycles. The molecule has 2 aromatic rings. The van der Waals surface area contributed by atoms with E-state index in [1.807, 2.05) is 43.3 Å². The molecule has 0 aromatic heterocycles. The summed E-state index contributed by atoms with van der Waals surface area (Å²) >= 11 is 0. The van der Waals surface area contributed by atoms with Gasteiger partial charge >= 0.3 is 5.97 Å². The van der Waals surface area contributed by atoms with Crippen molar-refractivity contribution >= 4 is 5.97 Å². The smallest absolute Gasteiger partial charge is 0.309 e. The summed E-state index contributed by atoms with van der Waals surface area (Å²) in [5, 5.41) is 9.22. The van der Waals surface area contributed by atoms with E-state index in [1.54, 1.807) is 0 Å². The van der Waals surface area contributed by atoms with E-state index in [1.165, 1.54) is 11.1 Å².